The molecule has 0 spiro atoms. The van der Waals surface area contributed by atoms with Crippen molar-refractivity contribution in [1.82, 2.24) is 24.3 Å². The molecule has 1 fully saturated rings. The number of nitrogens with zero attached hydrogens (tertiary/aromatic N) is 5. The summed E-state index contributed by atoms with van der Waals surface area (Å²) in [5.74, 6) is -0.687. The van der Waals surface area contributed by atoms with E-state index in [1.165, 1.54) is 30.3 Å². The number of piperazine rings is 1. The van der Waals surface area contributed by atoms with E-state index in [4.69, 9.17) is 14.2 Å². The number of pyridine rings is 2. The molecule has 272 valence electrons. The van der Waals surface area contributed by atoms with Gasteiger partial charge in [0.2, 0.25) is 5.88 Å². The number of amides is 2. The van der Waals surface area contributed by atoms with Gasteiger partial charge in [-0.05, 0) is 64.1 Å². The summed E-state index contributed by atoms with van der Waals surface area (Å²) >= 11 is 0. The van der Waals surface area contributed by atoms with Gasteiger partial charge in [0.25, 0.3) is 5.91 Å². The van der Waals surface area contributed by atoms with Crippen LogP contribution in [0.2, 0.25) is 0 Å². The molecular formula is C38H40F2N6O6. The van der Waals surface area contributed by atoms with Gasteiger partial charge in [-0.25, -0.2) is 23.5 Å². The zero-order valence-electron chi connectivity index (χ0n) is 30.0. The zero-order valence-corrected chi connectivity index (χ0v) is 30.0. The Labute approximate surface area is 299 Å². The van der Waals surface area contributed by atoms with Gasteiger partial charge in [0.15, 0.2) is 0 Å². The van der Waals surface area contributed by atoms with Gasteiger partial charge in [0.05, 0.1) is 48.6 Å². The SMILES string of the molecule is COc1ccc(Cn2cc3nc(-c4c(F)cccc4F)cc(Nc4ccc(C5(C)C(=O)N(C)CCN5C(=O)OC(C)(C)C)cn4)c3c2O)c(OC)c1. The monoisotopic (exact) mass is 714 g/mol. The van der Waals surface area contributed by atoms with Crippen LogP contribution in [-0.2, 0) is 21.6 Å². The molecule has 1 aliphatic rings. The van der Waals surface area contributed by atoms with Gasteiger partial charge in [0, 0.05) is 49.7 Å². The van der Waals surface area contributed by atoms with E-state index >= 15 is 8.78 Å². The molecule has 2 N–H and O–H groups in total. The van der Waals surface area contributed by atoms with Crippen LogP contribution in [0.5, 0.6) is 17.4 Å². The van der Waals surface area contributed by atoms with Crippen molar-refractivity contribution in [3.05, 3.63) is 89.8 Å². The topological polar surface area (TPSA) is 131 Å². The molecule has 6 rings (SSSR count). The van der Waals surface area contributed by atoms with Gasteiger partial charge in [-0.3, -0.25) is 9.69 Å². The molecule has 4 heterocycles. The van der Waals surface area contributed by atoms with Crippen LogP contribution in [0, 0.1) is 11.6 Å². The Kier molecular flexibility index (Phi) is 9.43. The number of aromatic hydroxyl groups is 1. The molecule has 1 atom stereocenters. The van der Waals surface area contributed by atoms with Crippen molar-refractivity contribution in [1.29, 1.82) is 0 Å². The van der Waals surface area contributed by atoms with Crippen LogP contribution >= 0.6 is 0 Å². The smallest absolute Gasteiger partial charge is 0.411 e. The summed E-state index contributed by atoms with van der Waals surface area (Å²) in [5, 5.41) is 15.0. The number of carbonyl (C=O) groups is 2. The number of nitrogens with one attached hydrogen (secondary N) is 1. The molecule has 1 saturated heterocycles. The van der Waals surface area contributed by atoms with E-state index in [1.807, 2.05) is 0 Å². The number of anilines is 2. The Morgan fingerprint density at radius 1 is 1.04 bits per heavy atom. The molecule has 12 nitrogen and oxygen atoms in total. The van der Waals surface area contributed by atoms with Gasteiger partial charge in [-0.2, -0.15) is 0 Å². The highest BCUT2D eigenvalue weighted by Gasteiger charge is 2.49. The third-order valence-corrected chi connectivity index (χ3v) is 9.04. The Bertz CT molecular complexity index is 2150. The number of carbonyl (C=O) groups excluding carboxylic acids is 2. The molecule has 2 amide bonds. The number of hydrogen-bond acceptors (Lipinski definition) is 9. The highest BCUT2D eigenvalue weighted by atomic mass is 19.1. The summed E-state index contributed by atoms with van der Waals surface area (Å²) in [6.07, 6.45) is 2.43. The summed E-state index contributed by atoms with van der Waals surface area (Å²) in [6.45, 7) is 7.67. The summed E-state index contributed by atoms with van der Waals surface area (Å²) < 4.78 is 48.1. The molecule has 1 aliphatic heterocycles. The normalized spacial score (nSPS) is 16.3. The number of hydrogen-bond donors (Lipinski definition) is 2. The number of fused-ring (bicyclic) bond motifs is 1. The molecule has 52 heavy (non-hydrogen) atoms. The highest BCUT2D eigenvalue weighted by molar-refractivity contribution is 5.99. The molecule has 5 aromatic rings. The van der Waals surface area contributed by atoms with Crippen LogP contribution in [-0.4, -0.2) is 81.4 Å². The third kappa shape index (κ3) is 6.63. The van der Waals surface area contributed by atoms with E-state index in [2.05, 4.69) is 15.3 Å². The van der Waals surface area contributed by atoms with E-state index in [9.17, 15) is 14.7 Å². The molecule has 1 unspecified atom stereocenters. The van der Waals surface area contributed by atoms with Crippen LogP contribution in [0.25, 0.3) is 22.2 Å². The first kappa shape index (κ1) is 35.9. The molecule has 2 aromatic carbocycles. The van der Waals surface area contributed by atoms with Gasteiger partial charge < -0.3 is 34.1 Å². The van der Waals surface area contributed by atoms with Crippen LogP contribution in [0.3, 0.4) is 0 Å². The van der Waals surface area contributed by atoms with Crippen molar-refractivity contribution in [3.63, 3.8) is 0 Å². The number of ether oxygens (including phenoxy) is 3. The maximum atomic E-state index is 15.0. The molecule has 0 bridgehead atoms. The predicted octanol–water partition coefficient (Wildman–Crippen LogP) is 6.82. The first-order chi connectivity index (χ1) is 24.6. The summed E-state index contributed by atoms with van der Waals surface area (Å²) in [4.78, 5) is 39.0. The van der Waals surface area contributed by atoms with Crippen LogP contribution in [0.15, 0.2) is 67.0 Å². The number of aromatic nitrogens is 3. The molecule has 0 aliphatic carbocycles. The van der Waals surface area contributed by atoms with Crippen molar-refractivity contribution in [2.24, 2.45) is 0 Å². The fraction of sp³-hybridized carbons (Fsp3) is 0.316. The summed E-state index contributed by atoms with van der Waals surface area (Å²) in [6, 6.07) is 13.6. The molecule has 14 heteroatoms. The average Bonchev–Trinajstić information content (AvgIpc) is 3.41. The molecule has 0 radical (unpaired) electrons. The highest BCUT2D eigenvalue weighted by Crippen LogP contribution is 2.40. The maximum Gasteiger partial charge on any atom is 0.411 e. The van der Waals surface area contributed by atoms with E-state index in [0.717, 1.165) is 17.7 Å². The molecular weight excluding hydrogens is 674 g/mol. The fourth-order valence-electron chi connectivity index (χ4n) is 6.33. The molecule has 0 saturated carbocycles. The van der Waals surface area contributed by atoms with Crippen LogP contribution < -0.4 is 14.8 Å². The summed E-state index contributed by atoms with van der Waals surface area (Å²) in [5.41, 5.74) is -0.871. The van der Waals surface area contributed by atoms with Crippen molar-refractivity contribution in [3.8, 4) is 28.6 Å². The van der Waals surface area contributed by atoms with Crippen molar-refractivity contribution in [2.75, 3.05) is 39.7 Å². The maximum absolute atomic E-state index is 15.0. The Hall–Kier alpha value is -5.92. The van der Waals surface area contributed by atoms with E-state index < -0.39 is 28.9 Å². The van der Waals surface area contributed by atoms with Crippen LogP contribution in [0.1, 0.15) is 38.8 Å². The Morgan fingerprint density at radius 3 is 2.40 bits per heavy atom. The second kappa shape index (κ2) is 13.7. The number of methoxy groups -OCH3 is 2. The first-order valence-electron chi connectivity index (χ1n) is 16.5. The van der Waals surface area contributed by atoms with E-state index in [0.29, 0.717) is 23.6 Å². The van der Waals surface area contributed by atoms with Crippen molar-refractivity contribution >= 4 is 34.4 Å². The minimum Gasteiger partial charge on any atom is -0.497 e. The van der Waals surface area contributed by atoms with Crippen LogP contribution in [0.4, 0.5) is 25.1 Å². The fourth-order valence-corrected chi connectivity index (χ4v) is 6.33. The van der Waals surface area contributed by atoms with Gasteiger partial charge >= 0.3 is 6.09 Å². The minimum absolute atomic E-state index is 0.0160. The zero-order chi connectivity index (χ0) is 37.5. The Balaban J connectivity index is 1.41. The number of rotatable bonds is 8. The third-order valence-electron chi connectivity index (χ3n) is 9.04. The van der Waals surface area contributed by atoms with Crippen molar-refractivity contribution in [2.45, 2.75) is 45.4 Å². The lowest BCUT2D eigenvalue weighted by Gasteiger charge is -2.46. The van der Waals surface area contributed by atoms with Gasteiger partial charge in [-0.1, -0.05) is 12.1 Å². The van der Waals surface area contributed by atoms with Crippen molar-refractivity contribution < 1.29 is 37.7 Å². The van der Waals surface area contributed by atoms with Gasteiger partial charge in [0.1, 0.15) is 40.1 Å². The number of likely N-dealkylation sites (N-methyl/N-ethyl adjacent to an activating group) is 1. The standard InChI is InChI=1S/C38H40F2N6O6/c1-37(2,3)52-36(49)46-16-15-44(5)35(48)38(46,4)23-12-14-31(41-19-23)43-28-18-27(32-25(39)9-8-10-26(32)40)42-29-21-45(34(47)33(28)29)20-22-11-13-24(50-6)17-30(22)51-7/h8-14,17-19,21,47H,15-16,20H2,1-7H3,(H,41,43). The lowest BCUT2D eigenvalue weighted by molar-refractivity contribution is -0.148. The summed E-state index contributed by atoms with van der Waals surface area (Å²) in [7, 11) is 4.74. The quantitative estimate of drug-likeness (QED) is 0.178. The van der Waals surface area contributed by atoms with Gasteiger partial charge in [-0.15, -0.1) is 0 Å². The second-order valence-corrected chi connectivity index (χ2v) is 13.7. The first-order valence-corrected chi connectivity index (χ1v) is 16.5. The predicted molar refractivity (Wildman–Crippen MR) is 191 cm³/mol. The number of halogens is 2. The van der Waals surface area contributed by atoms with E-state index in [1.54, 1.807) is 87.8 Å². The number of benzene rings is 2. The molecule has 3 aromatic heterocycles. The lowest BCUT2D eigenvalue weighted by atomic mass is 9.88. The second-order valence-electron chi connectivity index (χ2n) is 13.7. The average molecular weight is 715 g/mol. The largest absolute Gasteiger partial charge is 0.497 e. The minimum atomic E-state index is -1.42. The lowest BCUT2D eigenvalue weighted by Crippen LogP contribution is -2.63. The van der Waals surface area contributed by atoms with E-state index in [-0.39, 0.29) is 58.5 Å². The Morgan fingerprint density at radius 2 is 1.77 bits per heavy atom.